The first-order valence-corrected chi connectivity index (χ1v) is 13.8. The van der Waals surface area contributed by atoms with Crippen LogP contribution in [0.15, 0.2) is 120 Å². The van der Waals surface area contributed by atoms with Gasteiger partial charge >= 0.3 is 5.69 Å². The van der Waals surface area contributed by atoms with E-state index in [-0.39, 0.29) is 10.3 Å². The number of aryl methyl sites for hydroxylation is 1. The first-order chi connectivity index (χ1) is 17.4. The number of hydrogen-bond donors (Lipinski definition) is 0. The lowest BCUT2D eigenvalue weighted by molar-refractivity contribution is 0.591. The molecule has 1 aromatic heterocycles. The summed E-state index contributed by atoms with van der Waals surface area (Å²) in [5, 5.41) is 1.82. The lowest BCUT2D eigenvalue weighted by atomic mass is 10.2. The first kappa shape index (κ1) is 23.9. The largest absolute Gasteiger partial charge is 0.338 e. The van der Waals surface area contributed by atoms with Gasteiger partial charge in [0.05, 0.1) is 16.7 Å². The van der Waals surface area contributed by atoms with E-state index >= 15 is 4.57 Å². The number of rotatable bonds is 5. The third kappa shape index (κ3) is 4.01. The molecule has 0 atom stereocenters. The van der Waals surface area contributed by atoms with E-state index in [4.69, 9.17) is 12.2 Å². The molecule has 6 heteroatoms. The minimum atomic E-state index is -3.46. The van der Waals surface area contributed by atoms with Crippen molar-refractivity contribution in [3.8, 4) is 11.4 Å². The van der Waals surface area contributed by atoms with Gasteiger partial charge in [0, 0.05) is 16.3 Å². The zero-order valence-corrected chi connectivity index (χ0v) is 21.7. The van der Waals surface area contributed by atoms with Crippen molar-refractivity contribution in [2.75, 3.05) is 0 Å². The lowest BCUT2D eigenvalue weighted by Gasteiger charge is -2.25. The van der Waals surface area contributed by atoms with E-state index in [1.165, 1.54) is 4.57 Å². The van der Waals surface area contributed by atoms with Crippen LogP contribution in [0.5, 0.6) is 0 Å². The van der Waals surface area contributed by atoms with Crippen molar-refractivity contribution in [3.05, 3.63) is 142 Å². The van der Waals surface area contributed by atoms with Crippen LogP contribution in [0, 0.1) is 18.5 Å². The minimum Gasteiger partial charge on any atom is -0.308 e. The smallest absolute Gasteiger partial charge is 0.308 e. The summed E-state index contributed by atoms with van der Waals surface area (Å²) < 4.78 is 18.8. The van der Waals surface area contributed by atoms with E-state index in [0.29, 0.717) is 33.0 Å². The molecule has 0 aliphatic rings. The molecule has 5 aromatic rings. The topological polar surface area (TPSA) is 44.0 Å². The van der Waals surface area contributed by atoms with Gasteiger partial charge in [-0.25, -0.2) is 4.79 Å². The molecule has 0 bridgehead atoms. The maximum absolute atomic E-state index is 15.4. The molecular formula is C30H25N2O2PS. The first-order valence-electron chi connectivity index (χ1n) is 11.7. The Morgan fingerprint density at radius 3 is 1.56 bits per heavy atom. The monoisotopic (exact) mass is 508 g/mol. The molecule has 0 amide bonds. The second-order valence-corrected chi connectivity index (χ2v) is 11.7. The summed E-state index contributed by atoms with van der Waals surface area (Å²) in [6, 6.07) is 35.8. The molecule has 0 unspecified atom stereocenters. The molecule has 36 heavy (non-hydrogen) atoms. The predicted molar refractivity (Wildman–Crippen MR) is 151 cm³/mol. The van der Waals surface area contributed by atoms with Gasteiger partial charge in [0.25, 0.3) is 0 Å². The van der Waals surface area contributed by atoms with Crippen molar-refractivity contribution >= 4 is 35.3 Å². The van der Waals surface area contributed by atoms with Crippen LogP contribution < -0.4 is 21.6 Å². The molecule has 0 fully saturated rings. The van der Waals surface area contributed by atoms with E-state index < -0.39 is 7.14 Å². The average Bonchev–Trinajstić information content (AvgIpc) is 2.91. The standard InChI is InChI=1S/C30H25N2O2PS/c1-22-18-20-25(21-19-22)31-23(2)28(29(36)32(30(31)33)24-12-6-3-7-13-24)35(34,26-14-8-4-9-15-26)27-16-10-5-11-17-27/h3-21H,1-2H3. The molecule has 0 spiro atoms. The summed E-state index contributed by atoms with van der Waals surface area (Å²) >= 11 is 6.00. The van der Waals surface area contributed by atoms with E-state index in [9.17, 15) is 4.79 Å². The highest BCUT2D eigenvalue weighted by molar-refractivity contribution is 7.86. The Labute approximate surface area is 215 Å². The van der Waals surface area contributed by atoms with Crippen LogP contribution in [0.25, 0.3) is 11.4 Å². The van der Waals surface area contributed by atoms with E-state index in [2.05, 4.69) is 0 Å². The summed E-state index contributed by atoms with van der Waals surface area (Å²) in [6.45, 7) is 3.83. The van der Waals surface area contributed by atoms with Gasteiger partial charge < -0.3 is 4.57 Å². The van der Waals surface area contributed by atoms with Gasteiger partial charge in [-0.15, -0.1) is 0 Å². The number of nitrogens with zero attached hydrogens (tertiary/aromatic N) is 2. The Hall–Kier alpha value is -3.79. The highest BCUT2D eigenvalue weighted by Gasteiger charge is 2.35. The second kappa shape index (κ2) is 9.69. The number of aromatic nitrogens is 2. The summed E-state index contributed by atoms with van der Waals surface area (Å²) in [5.74, 6) is 0. The SMILES string of the molecule is Cc1ccc(-n2c(C)c(P(=O)(c3ccccc3)c3ccccc3)c(=S)n(-c3ccccc3)c2=O)cc1. The Morgan fingerprint density at radius 1 is 0.611 bits per heavy atom. The van der Waals surface area contributed by atoms with Crippen molar-refractivity contribution in [2.45, 2.75) is 13.8 Å². The maximum Gasteiger partial charge on any atom is 0.338 e. The lowest BCUT2D eigenvalue weighted by Crippen LogP contribution is -2.39. The molecular weight excluding hydrogens is 483 g/mol. The second-order valence-electron chi connectivity index (χ2n) is 8.64. The summed E-state index contributed by atoms with van der Waals surface area (Å²) in [4.78, 5) is 14.0. The molecule has 1 heterocycles. The Kier molecular flexibility index (Phi) is 6.44. The number of benzene rings is 4. The molecule has 0 radical (unpaired) electrons. The highest BCUT2D eigenvalue weighted by Crippen LogP contribution is 2.43. The zero-order chi connectivity index (χ0) is 25.3. The molecule has 4 nitrogen and oxygen atoms in total. The van der Waals surface area contributed by atoms with Crippen LogP contribution >= 0.6 is 19.4 Å². The van der Waals surface area contributed by atoms with Crippen molar-refractivity contribution in [1.82, 2.24) is 9.13 Å². The third-order valence-electron chi connectivity index (χ3n) is 6.33. The van der Waals surface area contributed by atoms with Crippen molar-refractivity contribution < 1.29 is 4.57 Å². The summed E-state index contributed by atoms with van der Waals surface area (Å²) in [7, 11) is -3.46. The molecule has 178 valence electrons. The third-order valence-corrected chi connectivity index (χ3v) is 10.1. The zero-order valence-electron chi connectivity index (χ0n) is 20.0. The van der Waals surface area contributed by atoms with Gasteiger partial charge in [-0.05, 0) is 38.1 Å². The quantitative estimate of drug-likeness (QED) is 0.229. The van der Waals surface area contributed by atoms with Crippen LogP contribution in [0.4, 0.5) is 0 Å². The predicted octanol–water partition coefficient (Wildman–Crippen LogP) is 5.61. The van der Waals surface area contributed by atoms with Gasteiger partial charge in [-0.2, -0.15) is 0 Å². The highest BCUT2D eigenvalue weighted by atomic mass is 32.1. The van der Waals surface area contributed by atoms with E-state index in [1.807, 2.05) is 129 Å². The number of para-hydroxylation sites is 1. The van der Waals surface area contributed by atoms with Crippen LogP contribution in [0.2, 0.25) is 0 Å². The van der Waals surface area contributed by atoms with Gasteiger partial charge in [0.2, 0.25) is 0 Å². The fraction of sp³-hybridized carbons (Fsp3) is 0.0667. The van der Waals surface area contributed by atoms with Crippen molar-refractivity contribution in [3.63, 3.8) is 0 Å². The van der Waals surface area contributed by atoms with Crippen LogP contribution in [-0.4, -0.2) is 9.13 Å². The Morgan fingerprint density at radius 2 is 1.06 bits per heavy atom. The van der Waals surface area contributed by atoms with Crippen molar-refractivity contribution in [2.24, 2.45) is 0 Å². The van der Waals surface area contributed by atoms with E-state index in [0.717, 1.165) is 5.56 Å². The average molecular weight is 509 g/mol. The van der Waals surface area contributed by atoms with Crippen LogP contribution in [0.1, 0.15) is 11.3 Å². The molecule has 0 saturated carbocycles. The fourth-order valence-electron chi connectivity index (χ4n) is 4.55. The molecule has 0 N–H and O–H groups in total. The number of hydrogen-bond acceptors (Lipinski definition) is 3. The van der Waals surface area contributed by atoms with E-state index in [1.54, 1.807) is 4.57 Å². The minimum absolute atomic E-state index is 0.253. The Balaban J connectivity index is 1.98. The van der Waals surface area contributed by atoms with Crippen LogP contribution in [-0.2, 0) is 4.57 Å². The summed E-state index contributed by atoms with van der Waals surface area (Å²) in [6.07, 6.45) is 0. The van der Waals surface area contributed by atoms with Gasteiger partial charge in [0.1, 0.15) is 4.64 Å². The molecule has 4 aromatic carbocycles. The summed E-state index contributed by atoms with van der Waals surface area (Å²) in [5.41, 5.74) is 2.67. The molecule has 0 saturated heterocycles. The van der Waals surface area contributed by atoms with Crippen molar-refractivity contribution in [1.29, 1.82) is 0 Å². The maximum atomic E-state index is 15.4. The van der Waals surface area contributed by atoms with Gasteiger partial charge in [-0.3, -0.25) is 9.13 Å². The Bertz CT molecular complexity index is 1650. The van der Waals surface area contributed by atoms with Crippen LogP contribution in [0.3, 0.4) is 0 Å². The normalized spacial score (nSPS) is 11.4. The molecule has 5 rings (SSSR count). The fourth-order valence-corrected chi connectivity index (χ4v) is 8.19. The van der Waals surface area contributed by atoms with Gasteiger partial charge in [0.15, 0.2) is 7.14 Å². The molecule has 0 aliphatic heterocycles. The van der Waals surface area contributed by atoms with Gasteiger partial charge in [-0.1, -0.05) is 109 Å². The molecule has 0 aliphatic carbocycles.